The fourth-order valence-electron chi connectivity index (χ4n) is 1.44. The molecule has 0 radical (unpaired) electrons. The van der Waals surface area contributed by atoms with Gasteiger partial charge in [-0.15, -0.1) is 0 Å². The Kier molecular flexibility index (Phi) is 4.20. The van der Waals surface area contributed by atoms with Crippen LogP contribution < -0.4 is 4.74 Å². The monoisotopic (exact) mass is 296 g/mol. The third-order valence-corrected chi connectivity index (χ3v) is 2.90. The molecule has 0 amide bonds. The molecule has 0 saturated heterocycles. The molecule has 0 aliphatic rings. The van der Waals surface area contributed by atoms with Crippen LogP contribution in [0, 0.1) is 17.1 Å². The van der Waals surface area contributed by atoms with E-state index in [0.29, 0.717) is 5.56 Å². The normalized spacial score (nSPS) is 10.0. The van der Waals surface area contributed by atoms with Crippen LogP contribution in [0.3, 0.4) is 0 Å². The zero-order valence-electron chi connectivity index (χ0n) is 9.53. The quantitative estimate of drug-likeness (QED) is 0.805. The number of halogens is 3. The second-order valence-corrected chi connectivity index (χ2v) is 4.34. The summed E-state index contributed by atoms with van der Waals surface area (Å²) in [5, 5.41) is 9.35. The lowest BCUT2D eigenvalue weighted by molar-refractivity contribution is 0.303. The predicted octanol–water partition coefficient (Wildman–Crippen LogP) is 3.98. The Balaban J connectivity index is 2.20. The minimum Gasteiger partial charge on any atom is -0.487 e. The Morgan fingerprint density at radius 3 is 2.74 bits per heavy atom. The molecule has 1 aromatic carbocycles. The summed E-state index contributed by atoms with van der Waals surface area (Å²) in [6.45, 7) is 0.0706. The molecule has 2 rings (SSSR count). The maximum Gasteiger partial charge on any atom is 0.144 e. The van der Waals surface area contributed by atoms with Crippen LogP contribution in [0.25, 0.3) is 0 Å². The number of rotatable bonds is 3. The van der Waals surface area contributed by atoms with Crippen molar-refractivity contribution >= 4 is 23.2 Å². The first-order valence-corrected chi connectivity index (χ1v) is 5.99. The van der Waals surface area contributed by atoms with Crippen LogP contribution >= 0.6 is 23.2 Å². The lowest BCUT2D eigenvalue weighted by Crippen LogP contribution is -2.00. The van der Waals surface area contributed by atoms with Crippen molar-refractivity contribution in [2.75, 3.05) is 0 Å². The Labute approximate surface area is 119 Å². The Bertz CT molecular complexity index is 656. The highest BCUT2D eigenvalue weighted by molar-refractivity contribution is 6.32. The van der Waals surface area contributed by atoms with Crippen molar-refractivity contribution in [3.05, 3.63) is 57.6 Å². The molecule has 19 heavy (non-hydrogen) atoms. The van der Waals surface area contributed by atoms with E-state index in [9.17, 15) is 4.39 Å². The number of pyridine rings is 1. The molecule has 0 spiro atoms. The minimum atomic E-state index is -0.625. The average molecular weight is 297 g/mol. The van der Waals surface area contributed by atoms with Crippen LogP contribution in [0.4, 0.5) is 4.39 Å². The van der Waals surface area contributed by atoms with E-state index in [0.717, 1.165) is 0 Å². The third-order valence-electron chi connectivity index (χ3n) is 2.36. The van der Waals surface area contributed by atoms with Crippen LogP contribution in [0.15, 0.2) is 30.3 Å². The summed E-state index contributed by atoms with van der Waals surface area (Å²) in [6, 6.07) is 9.16. The summed E-state index contributed by atoms with van der Waals surface area (Å²) >= 11 is 11.6. The number of nitrogens with zero attached hydrogens (tertiary/aromatic N) is 2. The molecule has 0 atom stereocenters. The molecular formula is C13H7Cl2FN2O. The van der Waals surface area contributed by atoms with Gasteiger partial charge in [-0.2, -0.15) is 5.26 Å². The van der Waals surface area contributed by atoms with E-state index in [4.69, 9.17) is 33.2 Å². The third kappa shape index (κ3) is 3.14. The van der Waals surface area contributed by atoms with E-state index < -0.39 is 5.82 Å². The van der Waals surface area contributed by atoms with Gasteiger partial charge in [-0.3, -0.25) is 0 Å². The topological polar surface area (TPSA) is 45.9 Å². The van der Waals surface area contributed by atoms with Gasteiger partial charge in [0.2, 0.25) is 0 Å². The molecule has 0 fully saturated rings. The van der Waals surface area contributed by atoms with Gasteiger partial charge in [0.1, 0.15) is 40.1 Å². The first-order valence-electron chi connectivity index (χ1n) is 5.24. The molecule has 6 heteroatoms. The second-order valence-electron chi connectivity index (χ2n) is 3.60. The van der Waals surface area contributed by atoms with E-state index in [-0.39, 0.29) is 28.2 Å². The Hall–Kier alpha value is -1.83. The highest BCUT2D eigenvalue weighted by Crippen LogP contribution is 2.23. The standard InChI is InChI=1S/C13H7Cl2FN2O/c14-12-5-4-8(13(15)18-12)7-19-11-3-1-2-10(16)9(11)6-17/h1-5H,7H2. The molecule has 0 saturated carbocycles. The molecule has 2 aromatic rings. The number of hydrogen-bond acceptors (Lipinski definition) is 3. The molecule has 0 aliphatic heterocycles. The number of ether oxygens (including phenoxy) is 1. The number of hydrogen-bond donors (Lipinski definition) is 0. The second kappa shape index (κ2) is 5.87. The summed E-state index contributed by atoms with van der Waals surface area (Å²) < 4.78 is 18.7. The van der Waals surface area contributed by atoms with E-state index in [2.05, 4.69) is 4.98 Å². The average Bonchev–Trinajstić information content (AvgIpc) is 2.38. The van der Waals surface area contributed by atoms with Gasteiger partial charge in [0.05, 0.1) is 0 Å². The van der Waals surface area contributed by atoms with Crippen molar-refractivity contribution in [1.29, 1.82) is 5.26 Å². The van der Waals surface area contributed by atoms with Crippen LogP contribution in [-0.2, 0) is 6.61 Å². The van der Waals surface area contributed by atoms with Crippen molar-refractivity contribution in [1.82, 2.24) is 4.98 Å². The first-order chi connectivity index (χ1) is 9.11. The predicted molar refractivity (Wildman–Crippen MR) is 69.7 cm³/mol. The van der Waals surface area contributed by atoms with Crippen molar-refractivity contribution in [3.63, 3.8) is 0 Å². The fourth-order valence-corrected chi connectivity index (χ4v) is 1.84. The van der Waals surface area contributed by atoms with E-state index in [1.165, 1.54) is 18.2 Å². The molecule has 96 valence electrons. The van der Waals surface area contributed by atoms with Crippen molar-refractivity contribution in [2.24, 2.45) is 0 Å². The van der Waals surface area contributed by atoms with E-state index in [1.54, 1.807) is 18.2 Å². The summed E-state index contributed by atoms with van der Waals surface area (Å²) in [7, 11) is 0. The van der Waals surface area contributed by atoms with Crippen molar-refractivity contribution in [3.8, 4) is 11.8 Å². The van der Waals surface area contributed by atoms with E-state index >= 15 is 0 Å². The highest BCUT2D eigenvalue weighted by Gasteiger charge is 2.10. The molecule has 0 N–H and O–H groups in total. The van der Waals surface area contributed by atoms with Crippen molar-refractivity contribution < 1.29 is 9.13 Å². The number of aromatic nitrogens is 1. The smallest absolute Gasteiger partial charge is 0.144 e. The molecule has 3 nitrogen and oxygen atoms in total. The van der Waals surface area contributed by atoms with E-state index in [1.807, 2.05) is 0 Å². The molecule has 1 heterocycles. The van der Waals surface area contributed by atoms with Crippen molar-refractivity contribution in [2.45, 2.75) is 6.61 Å². The van der Waals surface area contributed by atoms with Gasteiger partial charge in [0.15, 0.2) is 0 Å². The summed E-state index contributed by atoms with van der Waals surface area (Å²) in [5.41, 5.74) is 0.458. The van der Waals surface area contributed by atoms with Gasteiger partial charge in [-0.1, -0.05) is 29.3 Å². The maximum atomic E-state index is 13.4. The van der Waals surface area contributed by atoms with Gasteiger partial charge >= 0.3 is 0 Å². The van der Waals surface area contributed by atoms with Gasteiger partial charge < -0.3 is 4.74 Å². The zero-order valence-corrected chi connectivity index (χ0v) is 11.0. The molecular weight excluding hydrogens is 290 g/mol. The summed E-state index contributed by atoms with van der Waals surface area (Å²) in [4.78, 5) is 3.86. The van der Waals surface area contributed by atoms with Gasteiger partial charge in [-0.05, 0) is 24.3 Å². The largest absolute Gasteiger partial charge is 0.487 e. The molecule has 0 aliphatic carbocycles. The summed E-state index contributed by atoms with van der Waals surface area (Å²) in [6.07, 6.45) is 0. The van der Waals surface area contributed by atoms with Crippen LogP contribution in [0.5, 0.6) is 5.75 Å². The molecule has 0 unspecified atom stereocenters. The molecule has 1 aromatic heterocycles. The lowest BCUT2D eigenvalue weighted by atomic mass is 10.2. The minimum absolute atomic E-state index is 0.0706. The van der Waals surface area contributed by atoms with Crippen LogP contribution in [0.1, 0.15) is 11.1 Å². The molecule has 0 bridgehead atoms. The Morgan fingerprint density at radius 2 is 2.05 bits per heavy atom. The van der Waals surface area contributed by atoms with Crippen LogP contribution in [-0.4, -0.2) is 4.98 Å². The maximum absolute atomic E-state index is 13.4. The van der Waals surface area contributed by atoms with Gasteiger partial charge in [-0.25, -0.2) is 9.37 Å². The SMILES string of the molecule is N#Cc1c(F)cccc1OCc1ccc(Cl)nc1Cl. The van der Waals surface area contributed by atoms with Gasteiger partial charge in [0, 0.05) is 5.56 Å². The number of benzene rings is 1. The lowest BCUT2D eigenvalue weighted by Gasteiger charge is -2.09. The first kappa shape index (κ1) is 13.6. The summed E-state index contributed by atoms with van der Waals surface area (Å²) in [5.74, 6) is -0.464. The number of nitriles is 1. The highest BCUT2D eigenvalue weighted by atomic mass is 35.5. The Morgan fingerprint density at radius 1 is 1.26 bits per heavy atom. The zero-order chi connectivity index (χ0) is 13.8. The van der Waals surface area contributed by atoms with Crippen LogP contribution in [0.2, 0.25) is 10.3 Å². The van der Waals surface area contributed by atoms with Gasteiger partial charge in [0.25, 0.3) is 0 Å². The fraction of sp³-hybridized carbons (Fsp3) is 0.0769.